The first-order valence-corrected chi connectivity index (χ1v) is 11.5. The van der Waals surface area contributed by atoms with Crippen LogP contribution < -0.4 is 0 Å². The van der Waals surface area contributed by atoms with E-state index < -0.39 is 47.8 Å². The highest BCUT2D eigenvalue weighted by Crippen LogP contribution is 2.41. The van der Waals surface area contributed by atoms with E-state index in [0.717, 1.165) is 15.4 Å². The molecule has 2 aliphatic heterocycles. The summed E-state index contributed by atoms with van der Waals surface area (Å²) >= 11 is 1.37. The van der Waals surface area contributed by atoms with Crippen molar-refractivity contribution in [2.45, 2.75) is 55.1 Å². The van der Waals surface area contributed by atoms with Crippen molar-refractivity contribution in [2.75, 3.05) is 6.61 Å². The van der Waals surface area contributed by atoms with Crippen molar-refractivity contribution < 1.29 is 33.3 Å². The molecule has 9 heteroatoms. The zero-order valence-electron chi connectivity index (χ0n) is 18.3. The van der Waals surface area contributed by atoms with Gasteiger partial charge in [-0.25, -0.2) is 9.69 Å². The van der Waals surface area contributed by atoms with Crippen LogP contribution in [-0.4, -0.2) is 59.3 Å². The van der Waals surface area contributed by atoms with E-state index >= 15 is 0 Å². The number of amides is 2. The third-order valence-corrected chi connectivity index (χ3v) is 6.54. The molecule has 5 atom stereocenters. The SMILES string of the molecule is CC(=O)O[C@@H]1[C@@H]2OC(=O)N(C(C)=O)[C@H]2[C@@H](Sc2ccccc2)O[C@@H]1COCc1ccccc1. The van der Waals surface area contributed by atoms with Crippen molar-refractivity contribution >= 4 is 29.7 Å². The molecule has 0 bridgehead atoms. The number of imide groups is 1. The van der Waals surface area contributed by atoms with Crippen molar-refractivity contribution in [2.24, 2.45) is 0 Å². The average Bonchev–Trinajstić information content (AvgIpc) is 3.15. The quantitative estimate of drug-likeness (QED) is 0.568. The molecule has 8 nitrogen and oxygen atoms in total. The molecular formula is C24H25NO7S. The molecule has 0 unspecified atom stereocenters. The molecule has 0 saturated carbocycles. The van der Waals surface area contributed by atoms with Crippen LogP contribution in [0.3, 0.4) is 0 Å². The molecule has 0 spiro atoms. The summed E-state index contributed by atoms with van der Waals surface area (Å²) in [6, 6.07) is 18.4. The van der Waals surface area contributed by atoms with E-state index in [-0.39, 0.29) is 6.61 Å². The van der Waals surface area contributed by atoms with E-state index in [2.05, 4.69) is 0 Å². The molecule has 2 fully saturated rings. The maximum atomic E-state index is 12.6. The molecule has 174 valence electrons. The van der Waals surface area contributed by atoms with Gasteiger partial charge in [0.2, 0.25) is 5.91 Å². The molecule has 4 rings (SSSR count). The van der Waals surface area contributed by atoms with Crippen LogP contribution in [0, 0.1) is 0 Å². The van der Waals surface area contributed by atoms with Crippen molar-refractivity contribution in [3.8, 4) is 0 Å². The van der Waals surface area contributed by atoms with Crippen LogP contribution >= 0.6 is 11.8 Å². The van der Waals surface area contributed by atoms with Gasteiger partial charge in [-0.3, -0.25) is 9.59 Å². The summed E-state index contributed by atoms with van der Waals surface area (Å²) in [5.41, 5.74) is 0.352. The fourth-order valence-electron chi connectivity index (χ4n) is 4.00. The Morgan fingerprint density at radius 3 is 2.33 bits per heavy atom. The monoisotopic (exact) mass is 471 g/mol. The highest BCUT2D eigenvalue weighted by atomic mass is 32.2. The van der Waals surface area contributed by atoms with Crippen molar-refractivity contribution in [1.29, 1.82) is 0 Å². The van der Waals surface area contributed by atoms with Gasteiger partial charge in [0.25, 0.3) is 0 Å². The fourth-order valence-corrected chi connectivity index (χ4v) is 5.19. The van der Waals surface area contributed by atoms with Crippen molar-refractivity contribution in [3.63, 3.8) is 0 Å². The van der Waals surface area contributed by atoms with Crippen LogP contribution in [0.4, 0.5) is 4.79 Å². The molecule has 33 heavy (non-hydrogen) atoms. The summed E-state index contributed by atoms with van der Waals surface area (Å²) < 4.78 is 23.3. The Morgan fingerprint density at radius 1 is 1.03 bits per heavy atom. The van der Waals surface area contributed by atoms with Crippen LogP contribution in [0.2, 0.25) is 0 Å². The summed E-state index contributed by atoms with van der Waals surface area (Å²) in [4.78, 5) is 38.7. The lowest BCUT2D eigenvalue weighted by Gasteiger charge is -2.42. The van der Waals surface area contributed by atoms with E-state index in [0.29, 0.717) is 6.61 Å². The zero-order valence-corrected chi connectivity index (χ0v) is 19.1. The number of hydrogen-bond donors (Lipinski definition) is 0. The van der Waals surface area contributed by atoms with Gasteiger partial charge in [0.05, 0.1) is 13.2 Å². The topological polar surface area (TPSA) is 91.4 Å². The average molecular weight is 472 g/mol. The van der Waals surface area contributed by atoms with Gasteiger partial charge in [0, 0.05) is 18.7 Å². The molecule has 0 aliphatic carbocycles. The minimum atomic E-state index is -0.913. The van der Waals surface area contributed by atoms with Crippen molar-refractivity contribution in [3.05, 3.63) is 66.2 Å². The van der Waals surface area contributed by atoms with Crippen LogP contribution in [0.15, 0.2) is 65.6 Å². The second kappa shape index (κ2) is 10.4. The van der Waals surface area contributed by atoms with E-state index in [1.165, 1.54) is 25.6 Å². The molecule has 2 amide bonds. The number of carbonyl (C=O) groups is 3. The summed E-state index contributed by atoms with van der Waals surface area (Å²) in [6.45, 7) is 3.03. The number of hydrogen-bond acceptors (Lipinski definition) is 8. The zero-order chi connectivity index (χ0) is 23.4. The number of thioether (sulfide) groups is 1. The first kappa shape index (κ1) is 23.3. The Hall–Kier alpha value is -2.88. The highest BCUT2D eigenvalue weighted by Gasteiger charge is 2.59. The molecular weight excluding hydrogens is 446 g/mol. The molecule has 2 aliphatic rings. The molecule has 0 radical (unpaired) electrons. The van der Waals surface area contributed by atoms with Gasteiger partial charge in [-0.15, -0.1) is 0 Å². The fraction of sp³-hybridized carbons (Fsp3) is 0.375. The predicted molar refractivity (Wildman–Crippen MR) is 119 cm³/mol. The third-order valence-electron chi connectivity index (χ3n) is 5.38. The van der Waals surface area contributed by atoms with Gasteiger partial charge in [-0.1, -0.05) is 60.3 Å². The lowest BCUT2D eigenvalue weighted by molar-refractivity contribution is -0.195. The van der Waals surface area contributed by atoms with Crippen LogP contribution in [0.25, 0.3) is 0 Å². The largest absolute Gasteiger partial charge is 0.456 e. The van der Waals surface area contributed by atoms with Crippen LogP contribution in [-0.2, 0) is 35.1 Å². The van der Waals surface area contributed by atoms with Gasteiger partial charge in [0.15, 0.2) is 12.2 Å². The van der Waals surface area contributed by atoms with Gasteiger partial charge >= 0.3 is 12.1 Å². The summed E-state index contributed by atoms with van der Waals surface area (Å²) in [6.07, 6.45) is -3.25. The highest BCUT2D eigenvalue weighted by molar-refractivity contribution is 7.99. The van der Waals surface area contributed by atoms with E-state index in [1.54, 1.807) is 0 Å². The summed E-state index contributed by atoms with van der Waals surface area (Å²) in [7, 11) is 0. The van der Waals surface area contributed by atoms with E-state index in [9.17, 15) is 14.4 Å². The third kappa shape index (κ3) is 5.38. The molecule has 2 aromatic rings. The predicted octanol–water partition coefficient (Wildman–Crippen LogP) is 3.39. The Bertz CT molecular complexity index is 987. The lowest BCUT2D eigenvalue weighted by Crippen LogP contribution is -2.61. The van der Waals surface area contributed by atoms with Gasteiger partial charge in [-0.05, 0) is 17.7 Å². The van der Waals surface area contributed by atoms with Crippen LogP contribution in [0.1, 0.15) is 19.4 Å². The van der Waals surface area contributed by atoms with E-state index in [4.69, 9.17) is 18.9 Å². The first-order valence-electron chi connectivity index (χ1n) is 10.6. The molecule has 2 aromatic carbocycles. The Labute approximate surface area is 196 Å². The number of fused-ring (bicyclic) bond motifs is 1. The summed E-state index contributed by atoms with van der Waals surface area (Å²) in [5.74, 6) is -1.00. The molecule has 0 N–H and O–H groups in total. The normalized spacial score (nSPS) is 26.4. The first-order chi connectivity index (χ1) is 15.9. The second-order valence-corrected chi connectivity index (χ2v) is 8.95. The molecule has 0 aromatic heterocycles. The molecule has 2 saturated heterocycles. The number of esters is 1. The number of nitrogens with zero attached hydrogens (tertiary/aromatic N) is 1. The van der Waals surface area contributed by atoms with E-state index in [1.807, 2.05) is 60.7 Å². The maximum absolute atomic E-state index is 12.6. The molecule has 2 heterocycles. The number of carbonyl (C=O) groups excluding carboxylic acids is 3. The number of benzene rings is 2. The number of ether oxygens (including phenoxy) is 4. The summed E-state index contributed by atoms with van der Waals surface area (Å²) in [5, 5.41) is 0. The Balaban J connectivity index is 1.59. The van der Waals surface area contributed by atoms with Crippen LogP contribution in [0.5, 0.6) is 0 Å². The Kier molecular flexibility index (Phi) is 7.32. The minimum Gasteiger partial charge on any atom is -0.456 e. The Morgan fingerprint density at radius 2 is 1.70 bits per heavy atom. The van der Waals surface area contributed by atoms with Gasteiger partial charge < -0.3 is 18.9 Å². The standard InChI is InChI=1S/C24H25NO7S/c1-15(26)25-20-22(32-24(25)28)21(30-16(2)27)19(14-29-13-17-9-5-3-6-10-17)31-23(20)33-18-11-7-4-8-12-18/h3-12,19-23H,13-14H2,1-2H3/t19-,20-,21+,22-,23-/m1/s1. The lowest BCUT2D eigenvalue weighted by atomic mass is 9.97. The van der Waals surface area contributed by atoms with Crippen molar-refractivity contribution in [1.82, 2.24) is 4.90 Å². The number of rotatable bonds is 7. The maximum Gasteiger partial charge on any atom is 0.417 e. The second-order valence-electron chi connectivity index (χ2n) is 7.78. The van der Waals surface area contributed by atoms with Gasteiger partial charge in [-0.2, -0.15) is 0 Å². The minimum absolute atomic E-state index is 0.111. The smallest absolute Gasteiger partial charge is 0.417 e. The van der Waals surface area contributed by atoms with Gasteiger partial charge in [0.1, 0.15) is 17.6 Å².